The van der Waals surface area contributed by atoms with E-state index in [-0.39, 0.29) is 12.2 Å². The molecule has 0 aliphatic heterocycles. The normalized spacial score (nSPS) is 45.3. The van der Waals surface area contributed by atoms with Crippen LogP contribution < -0.4 is 16.4 Å². The van der Waals surface area contributed by atoms with Crippen LogP contribution >= 0.6 is 0 Å². The van der Waals surface area contributed by atoms with Crippen molar-refractivity contribution in [3.05, 3.63) is 22.8 Å². The van der Waals surface area contributed by atoms with Crippen LogP contribution in [0, 0.1) is 29.6 Å². The van der Waals surface area contributed by atoms with Crippen LogP contribution in [0.1, 0.15) is 32.1 Å². The molecule has 0 aromatic heterocycles. The molecule has 0 aromatic carbocycles. The minimum absolute atomic E-state index is 0.255. The maximum absolute atomic E-state index is 14.3. The number of nitrogens with one attached hydrogen (secondary N) is 2. The van der Waals surface area contributed by atoms with Crippen LogP contribution in [0.5, 0.6) is 0 Å². The molecule has 3 saturated carbocycles. The smallest absolute Gasteiger partial charge is 0.112 e. The maximum atomic E-state index is 14.3. The van der Waals surface area contributed by atoms with Crippen LogP contribution in [-0.4, -0.2) is 32.0 Å². The first-order valence-electron chi connectivity index (χ1n) is 9.47. The fourth-order valence-corrected chi connectivity index (χ4v) is 6.62. The van der Waals surface area contributed by atoms with E-state index in [1.54, 1.807) is 11.1 Å². The van der Waals surface area contributed by atoms with Gasteiger partial charge in [-0.25, -0.2) is 4.39 Å². The van der Waals surface area contributed by atoms with Crippen LogP contribution in [-0.2, 0) is 0 Å². The molecule has 0 heterocycles. The number of alkyl halides is 1. The average molecular weight is 317 g/mol. The van der Waals surface area contributed by atoms with E-state index >= 15 is 0 Å². The number of halogens is 1. The molecular weight excluding hydrogens is 289 g/mol. The first-order valence-corrected chi connectivity index (χ1v) is 9.47. The van der Waals surface area contributed by atoms with Gasteiger partial charge in [0.1, 0.15) is 6.67 Å². The molecule has 5 aliphatic rings. The molecule has 0 saturated heterocycles. The van der Waals surface area contributed by atoms with Gasteiger partial charge in [-0.2, -0.15) is 0 Å². The Labute approximate surface area is 138 Å². The van der Waals surface area contributed by atoms with Crippen molar-refractivity contribution in [2.45, 2.75) is 37.6 Å². The lowest BCUT2D eigenvalue weighted by molar-refractivity contribution is 0.0875. The lowest BCUT2D eigenvalue weighted by atomic mass is 9.54. The molecule has 5 rings (SSSR count). The third kappa shape index (κ3) is 1.70. The summed E-state index contributed by atoms with van der Waals surface area (Å²) < 4.78 is 14.3. The topological polar surface area (TPSA) is 50.1 Å². The van der Waals surface area contributed by atoms with Gasteiger partial charge in [0.15, 0.2) is 0 Å². The summed E-state index contributed by atoms with van der Waals surface area (Å²) >= 11 is 0. The third-order valence-corrected chi connectivity index (χ3v) is 7.61. The molecular formula is C19H28FN3. The van der Waals surface area contributed by atoms with E-state index in [9.17, 15) is 4.39 Å². The van der Waals surface area contributed by atoms with Gasteiger partial charge in [0, 0.05) is 12.6 Å². The maximum Gasteiger partial charge on any atom is 0.112 e. The van der Waals surface area contributed by atoms with Crippen LogP contribution in [0.2, 0.25) is 0 Å². The van der Waals surface area contributed by atoms with Gasteiger partial charge in [-0.15, -0.1) is 0 Å². The van der Waals surface area contributed by atoms with Gasteiger partial charge in [0.2, 0.25) is 0 Å². The van der Waals surface area contributed by atoms with E-state index in [4.69, 9.17) is 5.73 Å². The highest BCUT2D eigenvalue weighted by atomic mass is 19.1. The Balaban J connectivity index is 1.39. The standard InChI is InChI=1S/C19H28FN3/c20-9-19(23-10-22-7-1-6-21)15-4-5-16(19)14-8-13(15)17-11-2-3-12(11)18(14)17/h4,12-14,16,18,22-23H,1-3,5-10,21H2. The molecule has 0 aromatic rings. The highest BCUT2D eigenvalue weighted by molar-refractivity contribution is 5.53. The van der Waals surface area contributed by atoms with Gasteiger partial charge in [-0.1, -0.05) is 17.2 Å². The predicted octanol–water partition coefficient (Wildman–Crippen LogP) is 2.11. The quantitative estimate of drug-likeness (QED) is 0.383. The molecule has 0 amide bonds. The number of nitrogens with two attached hydrogens (primary N) is 1. The van der Waals surface area contributed by atoms with E-state index in [0.717, 1.165) is 37.1 Å². The lowest BCUT2D eigenvalue weighted by Gasteiger charge is -2.50. The summed E-state index contributed by atoms with van der Waals surface area (Å²) in [6, 6.07) is 0. The monoisotopic (exact) mass is 317 g/mol. The fraction of sp³-hybridized carbons (Fsp3) is 0.789. The Morgan fingerprint density at radius 2 is 2.30 bits per heavy atom. The average Bonchev–Trinajstić information content (AvgIpc) is 2.95. The first-order chi connectivity index (χ1) is 11.3. The minimum Gasteiger partial charge on any atom is -0.330 e. The zero-order valence-electron chi connectivity index (χ0n) is 13.8. The van der Waals surface area contributed by atoms with Gasteiger partial charge in [-0.3, -0.25) is 5.32 Å². The molecule has 4 bridgehead atoms. The molecule has 5 aliphatic carbocycles. The summed E-state index contributed by atoms with van der Waals surface area (Å²) in [6.07, 6.45) is 8.48. The van der Waals surface area contributed by atoms with E-state index in [1.807, 2.05) is 0 Å². The summed E-state index contributed by atoms with van der Waals surface area (Å²) in [5.74, 6) is 3.47. The molecule has 0 spiro atoms. The number of hydrogen-bond acceptors (Lipinski definition) is 3. The van der Waals surface area contributed by atoms with E-state index in [2.05, 4.69) is 16.7 Å². The molecule has 3 fully saturated rings. The van der Waals surface area contributed by atoms with Crippen molar-refractivity contribution in [1.82, 2.24) is 10.6 Å². The SMILES string of the molecule is NCCCNCNC1(CF)C2=CCC1C1CC2C2=C3CCC3C21. The summed E-state index contributed by atoms with van der Waals surface area (Å²) in [4.78, 5) is 0. The summed E-state index contributed by atoms with van der Waals surface area (Å²) in [5.41, 5.74) is 10.1. The van der Waals surface area contributed by atoms with Crippen molar-refractivity contribution >= 4 is 0 Å². The molecule has 4 heteroatoms. The van der Waals surface area contributed by atoms with Gasteiger partial charge in [0.25, 0.3) is 0 Å². The fourth-order valence-electron chi connectivity index (χ4n) is 6.62. The van der Waals surface area contributed by atoms with Crippen LogP contribution in [0.25, 0.3) is 0 Å². The highest BCUT2D eigenvalue weighted by Crippen LogP contribution is 2.72. The Hall–Kier alpha value is -0.710. The predicted molar refractivity (Wildman–Crippen MR) is 89.4 cm³/mol. The zero-order valence-corrected chi connectivity index (χ0v) is 13.8. The molecule has 23 heavy (non-hydrogen) atoms. The highest BCUT2D eigenvalue weighted by Gasteiger charge is 2.66. The second-order valence-corrected chi connectivity index (χ2v) is 8.21. The van der Waals surface area contributed by atoms with Gasteiger partial charge < -0.3 is 11.1 Å². The lowest BCUT2D eigenvalue weighted by Crippen LogP contribution is -2.59. The Bertz CT molecular complexity index is 583. The molecule has 0 radical (unpaired) electrons. The number of allylic oxidation sites excluding steroid dienone is 3. The second kappa shape index (κ2) is 5.14. The van der Waals surface area contributed by atoms with Crippen LogP contribution in [0.3, 0.4) is 0 Å². The van der Waals surface area contributed by atoms with Gasteiger partial charge >= 0.3 is 0 Å². The number of fused-ring (bicyclic) bond motifs is 11. The Kier molecular flexibility index (Phi) is 3.27. The van der Waals surface area contributed by atoms with Crippen molar-refractivity contribution in [2.24, 2.45) is 35.3 Å². The van der Waals surface area contributed by atoms with Crippen molar-refractivity contribution in [3.8, 4) is 0 Å². The first kappa shape index (κ1) is 14.6. The van der Waals surface area contributed by atoms with Crippen molar-refractivity contribution < 1.29 is 4.39 Å². The Morgan fingerprint density at radius 1 is 1.39 bits per heavy atom. The van der Waals surface area contributed by atoms with E-state index in [1.165, 1.54) is 24.8 Å². The van der Waals surface area contributed by atoms with Crippen molar-refractivity contribution in [1.29, 1.82) is 0 Å². The molecule has 4 N–H and O–H groups in total. The van der Waals surface area contributed by atoms with E-state index < -0.39 is 0 Å². The Morgan fingerprint density at radius 3 is 3.04 bits per heavy atom. The molecule has 126 valence electrons. The molecule has 6 atom stereocenters. The summed E-state index contributed by atoms with van der Waals surface area (Å²) in [6.45, 7) is 2.05. The number of hydrogen-bond donors (Lipinski definition) is 3. The summed E-state index contributed by atoms with van der Waals surface area (Å²) in [5, 5.41) is 6.99. The van der Waals surface area contributed by atoms with Gasteiger partial charge in [0.05, 0.1) is 5.54 Å². The van der Waals surface area contributed by atoms with E-state index in [0.29, 0.717) is 25.0 Å². The minimum atomic E-state index is -0.381. The van der Waals surface area contributed by atoms with Crippen molar-refractivity contribution in [3.63, 3.8) is 0 Å². The zero-order chi connectivity index (χ0) is 15.6. The largest absolute Gasteiger partial charge is 0.330 e. The second-order valence-electron chi connectivity index (χ2n) is 8.21. The number of rotatable bonds is 7. The van der Waals surface area contributed by atoms with Gasteiger partial charge in [-0.05, 0) is 74.4 Å². The summed E-state index contributed by atoms with van der Waals surface area (Å²) in [7, 11) is 0. The van der Waals surface area contributed by atoms with Crippen molar-refractivity contribution in [2.75, 3.05) is 26.4 Å². The molecule has 3 nitrogen and oxygen atoms in total. The molecule has 6 unspecified atom stereocenters. The third-order valence-electron chi connectivity index (χ3n) is 7.61. The van der Waals surface area contributed by atoms with Crippen LogP contribution in [0.15, 0.2) is 22.8 Å². The van der Waals surface area contributed by atoms with Crippen LogP contribution in [0.4, 0.5) is 4.39 Å².